The predicted octanol–water partition coefficient (Wildman–Crippen LogP) is 2.36. The summed E-state index contributed by atoms with van der Waals surface area (Å²) in [6.45, 7) is 1.08. The number of methoxy groups -OCH3 is 2. The highest BCUT2D eigenvalue weighted by Gasteiger charge is 2.29. The third kappa shape index (κ3) is 3.10. The number of Topliss-reactive ketones (excluding diaryl/α,β-unsaturated/α-hetero) is 1. The first-order valence-electron chi connectivity index (χ1n) is 6.67. The van der Waals surface area contributed by atoms with Crippen molar-refractivity contribution >= 4 is 11.9 Å². The first-order chi connectivity index (χ1) is 9.65. The molecule has 0 saturated carbocycles. The summed E-state index contributed by atoms with van der Waals surface area (Å²) in [6.07, 6.45) is 1.26. The number of carbonyl (C=O) groups excluding carboxylic acids is 2. The molecular formula is C15H19NO4. The molecule has 5 heteroatoms. The Labute approximate surface area is 118 Å². The van der Waals surface area contributed by atoms with Gasteiger partial charge in [-0.25, -0.2) is 4.79 Å². The molecule has 0 spiro atoms. The Balaban J connectivity index is 2.05. The van der Waals surface area contributed by atoms with Crippen LogP contribution in [0, 0.1) is 5.92 Å². The molecule has 0 aromatic heterocycles. The van der Waals surface area contributed by atoms with Crippen molar-refractivity contribution in [3.8, 4) is 5.75 Å². The van der Waals surface area contributed by atoms with Crippen LogP contribution in [0.4, 0.5) is 4.79 Å². The van der Waals surface area contributed by atoms with Gasteiger partial charge in [-0.15, -0.1) is 0 Å². The van der Waals surface area contributed by atoms with Crippen molar-refractivity contribution in [1.82, 2.24) is 4.90 Å². The molecular weight excluding hydrogens is 258 g/mol. The number of ketones is 1. The van der Waals surface area contributed by atoms with Gasteiger partial charge in [-0.3, -0.25) is 4.79 Å². The second-order valence-electron chi connectivity index (χ2n) is 4.85. The molecule has 1 fully saturated rings. The lowest BCUT2D eigenvalue weighted by Gasteiger charge is -2.30. The zero-order valence-corrected chi connectivity index (χ0v) is 11.8. The van der Waals surface area contributed by atoms with E-state index in [-0.39, 0.29) is 17.8 Å². The number of ether oxygens (including phenoxy) is 2. The number of benzene rings is 1. The van der Waals surface area contributed by atoms with Gasteiger partial charge < -0.3 is 14.4 Å². The van der Waals surface area contributed by atoms with Crippen LogP contribution in [0.1, 0.15) is 23.2 Å². The standard InChI is InChI=1S/C15H19NO4/c1-19-13-7-5-11(6-8-13)14(17)12-4-3-9-16(10-12)15(18)20-2/h5-8,12H,3-4,9-10H2,1-2H3. The minimum absolute atomic E-state index is 0.0706. The summed E-state index contributed by atoms with van der Waals surface area (Å²) in [4.78, 5) is 25.6. The maximum absolute atomic E-state index is 12.4. The Morgan fingerprint density at radius 1 is 1.20 bits per heavy atom. The van der Waals surface area contributed by atoms with Crippen LogP contribution in [0.15, 0.2) is 24.3 Å². The van der Waals surface area contributed by atoms with E-state index in [0.717, 1.165) is 18.6 Å². The molecule has 1 saturated heterocycles. The molecule has 1 aromatic rings. The summed E-state index contributed by atoms with van der Waals surface area (Å²) in [5, 5.41) is 0. The second kappa shape index (κ2) is 6.41. The van der Waals surface area contributed by atoms with Crippen molar-refractivity contribution in [1.29, 1.82) is 0 Å². The summed E-state index contributed by atoms with van der Waals surface area (Å²) < 4.78 is 9.79. The SMILES string of the molecule is COC(=O)N1CCCC(C(=O)c2ccc(OC)cc2)C1. The largest absolute Gasteiger partial charge is 0.497 e. The van der Waals surface area contributed by atoms with Gasteiger partial charge >= 0.3 is 6.09 Å². The highest BCUT2D eigenvalue weighted by Crippen LogP contribution is 2.22. The van der Waals surface area contributed by atoms with E-state index in [0.29, 0.717) is 18.7 Å². The van der Waals surface area contributed by atoms with Crippen LogP contribution in [0.25, 0.3) is 0 Å². The van der Waals surface area contributed by atoms with Crippen LogP contribution in [-0.2, 0) is 4.74 Å². The van der Waals surface area contributed by atoms with Crippen LogP contribution >= 0.6 is 0 Å². The van der Waals surface area contributed by atoms with Crippen molar-refractivity contribution in [2.75, 3.05) is 27.3 Å². The Morgan fingerprint density at radius 2 is 1.90 bits per heavy atom. The van der Waals surface area contributed by atoms with Crippen molar-refractivity contribution in [3.63, 3.8) is 0 Å². The predicted molar refractivity (Wildman–Crippen MR) is 74.0 cm³/mol. The first kappa shape index (κ1) is 14.4. The first-order valence-corrected chi connectivity index (χ1v) is 6.67. The zero-order chi connectivity index (χ0) is 14.5. The van der Waals surface area contributed by atoms with Gasteiger partial charge in [-0.1, -0.05) is 0 Å². The zero-order valence-electron chi connectivity index (χ0n) is 11.8. The third-order valence-corrected chi connectivity index (χ3v) is 3.60. The molecule has 0 bridgehead atoms. The number of hydrogen-bond acceptors (Lipinski definition) is 4. The van der Waals surface area contributed by atoms with E-state index >= 15 is 0 Å². The molecule has 0 radical (unpaired) electrons. The van der Waals surface area contributed by atoms with Gasteiger partial charge in [0.05, 0.1) is 14.2 Å². The number of likely N-dealkylation sites (tertiary alicyclic amines) is 1. The average Bonchev–Trinajstić information content (AvgIpc) is 2.53. The van der Waals surface area contributed by atoms with Crippen LogP contribution in [0.3, 0.4) is 0 Å². The molecule has 1 aromatic carbocycles. The maximum Gasteiger partial charge on any atom is 0.409 e. The Kier molecular flexibility index (Phi) is 4.61. The third-order valence-electron chi connectivity index (χ3n) is 3.60. The van der Waals surface area contributed by atoms with Crippen LogP contribution in [-0.4, -0.2) is 44.1 Å². The fourth-order valence-corrected chi connectivity index (χ4v) is 2.48. The fraction of sp³-hybridized carbons (Fsp3) is 0.467. The van der Waals surface area contributed by atoms with Crippen molar-refractivity contribution < 1.29 is 19.1 Å². The average molecular weight is 277 g/mol. The summed E-state index contributed by atoms with van der Waals surface area (Å²) in [5.41, 5.74) is 0.655. The number of rotatable bonds is 3. The van der Waals surface area contributed by atoms with E-state index in [1.54, 1.807) is 36.3 Å². The lowest BCUT2D eigenvalue weighted by molar-refractivity contribution is 0.0772. The van der Waals surface area contributed by atoms with Gasteiger partial charge in [0.15, 0.2) is 5.78 Å². The Hall–Kier alpha value is -2.04. The van der Waals surface area contributed by atoms with Crippen molar-refractivity contribution in [2.24, 2.45) is 5.92 Å². The van der Waals surface area contributed by atoms with Crippen molar-refractivity contribution in [3.05, 3.63) is 29.8 Å². The molecule has 1 aliphatic rings. The van der Waals surface area contributed by atoms with Crippen molar-refractivity contribution in [2.45, 2.75) is 12.8 Å². The van der Waals surface area contributed by atoms with E-state index in [1.807, 2.05) is 0 Å². The van der Waals surface area contributed by atoms with Gasteiger partial charge in [0.1, 0.15) is 5.75 Å². The highest BCUT2D eigenvalue weighted by atomic mass is 16.5. The molecule has 0 N–H and O–H groups in total. The molecule has 1 atom stereocenters. The summed E-state index contributed by atoms with van der Waals surface area (Å²) >= 11 is 0. The van der Waals surface area contributed by atoms with Gasteiger partial charge in [-0.2, -0.15) is 0 Å². The number of piperidine rings is 1. The van der Waals surface area contributed by atoms with E-state index in [2.05, 4.69) is 0 Å². The molecule has 0 aliphatic carbocycles. The molecule has 108 valence electrons. The molecule has 1 aliphatic heterocycles. The van der Waals surface area contributed by atoms with E-state index in [9.17, 15) is 9.59 Å². The lowest BCUT2D eigenvalue weighted by Crippen LogP contribution is -2.42. The summed E-state index contributed by atoms with van der Waals surface area (Å²) in [6, 6.07) is 7.07. The maximum atomic E-state index is 12.4. The molecule has 20 heavy (non-hydrogen) atoms. The highest BCUT2D eigenvalue weighted by molar-refractivity contribution is 5.98. The fourth-order valence-electron chi connectivity index (χ4n) is 2.48. The van der Waals surface area contributed by atoms with Crippen LogP contribution in [0.5, 0.6) is 5.75 Å². The topological polar surface area (TPSA) is 55.8 Å². The number of hydrogen-bond donors (Lipinski definition) is 0. The number of carbonyl (C=O) groups is 2. The molecule has 1 unspecified atom stereocenters. The Morgan fingerprint density at radius 3 is 2.50 bits per heavy atom. The van der Waals surface area contributed by atoms with E-state index < -0.39 is 0 Å². The van der Waals surface area contributed by atoms with E-state index in [1.165, 1.54) is 7.11 Å². The van der Waals surface area contributed by atoms with Gasteiger partial charge in [0.2, 0.25) is 0 Å². The minimum atomic E-state index is -0.364. The normalized spacial score (nSPS) is 18.5. The van der Waals surface area contributed by atoms with E-state index in [4.69, 9.17) is 9.47 Å². The Bertz CT molecular complexity index is 483. The molecule has 5 nitrogen and oxygen atoms in total. The van der Waals surface area contributed by atoms with Gasteiger partial charge in [0, 0.05) is 24.6 Å². The minimum Gasteiger partial charge on any atom is -0.497 e. The molecule has 1 amide bonds. The summed E-state index contributed by atoms with van der Waals surface area (Å²) in [5.74, 6) is 0.638. The number of nitrogens with zero attached hydrogens (tertiary/aromatic N) is 1. The van der Waals surface area contributed by atoms with Gasteiger partial charge in [-0.05, 0) is 37.1 Å². The summed E-state index contributed by atoms with van der Waals surface area (Å²) in [7, 11) is 2.95. The number of amides is 1. The van der Waals surface area contributed by atoms with Crippen LogP contribution in [0.2, 0.25) is 0 Å². The molecule has 1 heterocycles. The quantitative estimate of drug-likeness (QED) is 0.796. The van der Waals surface area contributed by atoms with Crippen LogP contribution < -0.4 is 4.74 Å². The lowest BCUT2D eigenvalue weighted by atomic mass is 9.90. The van der Waals surface area contributed by atoms with Gasteiger partial charge in [0.25, 0.3) is 0 Å². The second-order valence-corrected chi connectivity index (χ2v) is 4.85. The smallest absolute Gasteiger partial charge is 0.409 e. The monoisotopic (exact) mass is 277 g/mol. The molecule has 2 rings (SSSR count).